The lowest BCUT2D eigenvalue weighted by Crippen LogP contribution is -2.01. The number of rotatable bonds is 3. The quantitative estimate of drug-likeness (QED) is 0.831. The van der Waals surface area contributed by atoms with Gasteiger partial charge in [0.2, 0.25) is 0 Å². The second kappa shape index (κ2) is 5.85. The van der Waals surface area contributed by atoms with E-state index >= 15 is 0 Å². The summed E-state index contributed by atoms with van der Waals surface area (Å²) < 4.78 is 0. The van der Waals surface area contributed by atoms with Crippen LogP contribution in [0.2, 0.25) is 0 Å². The van der Waals surface area contributed by atoms with Gasteiger partial charge in [-0.1, -0.05) is 41.6 Å². The van der Waals surface area contributed by atoms with Crippen molar-refractivity contribution in [2.75, 3.05) is 0 Å². The zero-order valence-corrected chi connectivity index (χ0v) is 11.8. The molecule has 4 heteroatoms. The van der Waals surface area contributed by atoms with Gasteiger partial charge < -0.3 is 10.2 Å². The maximum atomic E-state index is 10.5. The van der Waals surface area contributed by atoms with E-state index in [2.05, 4.69) is 5.18 Å². The lowest BCUT2D eigenvalue weighted by atomic mass is 9.94. The second-order valence-corrected chi connectivity index (χ2v) is 5.21. The van der Waals surface area contributed by atoms with Crippen molar-refractivity contribution < 1.29 is 10.2 Å². The van der Waals surface area contributed by atoms with E-state index in [0.29, 0.717) is 12.0 Å². The molecule has 1 atom stereocenters. The van der Waals surface area contributed by atoms with E-state index in [1.54, 1.807) is 36.4 Å². The maximum Gasteiger partial charge on any atom is 0.123 e. The largest absolute Gasteiger partial charge is 0.508 e. The first-order valence-corrected chi connectivity index (χ1v) is 7.01. The molecule has 0 amide bonds. The molecule has 0 aliphatic heterocycles. The molecule has 0 radical (unpaired) electrons. The summed E-state index contributed by atoms with van der Waals surface area (Å²) in [5.41, 5.74) is 3.48. The normalized spacial score (nSPS) is 17.1. The van der Waals surface area contributed by atoms with Gasteiger partial charge in [0.05, 0.1) is 0 Å². The summed E-state index contributed by atoms with van der Waals surface area (Å²) in [6.45, 7) is 0. The highest BCUT2D eigenvalue weighted by Crippen LogP contribution is 2.34. The molecule has 1 aliphatic rings. The molecule has 0 saturated heterocycles. The molecule has 1 aliphatic carbocycles. The van der Waals surface area contributed by atoms with Gasteiger partial charge in [-0.05, 0) is 47.4 Å². The Morgan fingerprint density at radius 2 is 1.73 bits per heavy atom. The first kappa shape index (κ1) is 14.1. The predicted octanol–water partition coefficient (Wildman–Crippen LogP) is 4.24. The SMILES string of the molecule is O=NC1C=CC(c2ccc(O)c(-c3ccc(O)cc3)c2)=CC1. The third kappa shape index (κ3) is 2.76. The molecule has 0 saturated carbocycles. The Hall–Kier alpha value is -2.88. The Bertz CT molecular complexity index is 760. The Morgan fingerprint density at radius 3 is 2.36 bits per heavy atom. The average molecular weight is 293 g/mol. The summed E-state index contributed by atoms with van der Waals surface area (Å²) in [5.74, 6) is 0.368. The van der Waals surface area contributed by atoms with Gasteiger partial charge >= 0.3 is 0 Å². The van der Waals surface area contributed by atoms with Crippen LogP contribution in [-0.2, 0) is 0 Å². The van der Waals surface area contributed by atoms with Gasteiger partial charge in [0.25, 0.3) is 0 Å². The van der Waals surface area contributed by atoms with Crippen LogP contribution in [0.25, 0.3) is 16.7 Å². The van der Waals surface area contributed by atoms with E-state index in [4.69, 9.17) is 0 Å². The third-order valence-corrected chi connectivity index (χ3v) is 3.72. The van der Waals surface area contributed by atoms with Crippen LogP contribution in [0.3, 0.4) is 0 Å². The minimum atomic E-state index is -0.294. The van der Waals surface area contributed by atoms with Crippen molar-refractivity contribution in [1.82, 2.24) is 0 Å². The second-order valence-electron chi connectivity index (χ2n) is 5.21. The molecular formula is C18H15NO3. The van der Waals surface area contributed by atoms with Crippen molar-refractivity contribution in [2.45, 2.75) is 12.5 Å². The maximum absolute atomic E-state index is 10.5. The van der Waals surface area contributed by atoms with Gasteiger partial charge in [0.1, 0.15) is 17.5 Å². The van der Waals surface area contributed by atoms with Gasteiger partial charge in [-0.15, -0.1) is 0 Å². The van der Waals surface area contributed by atoms with Gasteiger partial charge in [-0.2, -0.15) is 4.91 Å². The highest BCUT2D eigenvalue weighted by atomic mass is 16.3. The van der Waals surface area contributed by atoms with Crippen LogP contribution >= 0.6 is 0 Å². The molecule has 0 fully saturated rings. The van der Waals surface area contributed by atoms with Crippen LogP contribution in [0.4, 0.5) is 0 Å². The van der Waals surface area contributed by atoms with Crippen LogP contribution in [0.1, 0.15) is 12.0 Å². The highest BCUT2D eigenvalue weighted by molar-refractivity contribution is 5.81. The van der Waals surface area contributed by atoms with Crippen molar-refractivity contribution >= 4 is 5.57 Å². The fourth-order valence-corrected chi connectivity index (χ4v) is 2.49. The number of phenolic OH excluding ortho intramolecular Hbond substituents is 2. The number of benzene rings is 2. The average Bonchev–Trinajstić information content (AvgIpc) is 2.56. The number of hydrogen-bond donors (Lipinski definition) is 2. The van der Waals surface area contributed by atoms with E-state index in [-0.39, 0.29) is 17.5 Å². The molecule has 110 valence electrons. The summed E-state index contributed by atoms with van der Waals surface area (Å²) in [5, 5.41) is 22.5. The number of nitroso groups, excluding NO2 is 1. The fourth-order valence-electron chi connectivity index (χ4n) is 2.49. The molecule has 0 heterocycles. The molecule has 2 aromatic rings. The standard InChI is InChI=1S/C18H15NO3/c20-16-8-3-13(4-9-16)17-11-14(5-10-18(17)21)12-1-6-15(19-22)7-2-12/h1-6,8-11,15,20-21H,7H2. The van der Waals surface area contributed by atoms with E-state index in [9.17, 15) is 15.1 Å². The molecule has 2 aromatic carbocycles. The predicted molar refractivity (Wildman–Crippen MR) is 86.5 cm³/mol. The third-order valence-electron chi connectivity index (χ3n) is 3.72. The van der Waals surface area contributed by atoms with Crippen LogP contribution in [0.5, 0.6) is 11.5 Å². The molecular weight excluding hydrogens is 278 g/mol. The summed E-state index contributed by atoms with van der Waals surface area (Å²) >= 11 is 0. The summed E-state index contributed by atoms with van der Waals surface area (Å²) in [6, 6.07) is 11.8. The fraction of sp³-hybridized carbons (Fsp3) is 0.111. The van der Waals surface area contributed by atoms with Gasteiger partial charge in [0.15, 0.2) is 0 Å². The molecule has 0 spiro atoms. The molecule has 0 aromatic heterocycles. The van der Waals surface area contributed by atoms with Crippen molar-refractivity contribution in [1.29, 1.82) is 0 Å². The van der Waals surface area contributed by atoms with Crippen molar-refractivity contribution in [3.05, 3.63) is 71.2 Å². The number of nitrogens with zero attached hydrogens (tertiary/aromatic N) is 1. The topological polar surface area (TPSA) is 69.9 Å². The first-order valence-electron chi connectivity index (χ1n) is 7.01. The molecule has 4 nitrogen and oxygen atoms in total. The number of phenols is 2. The minimum Gasteiger partial charge on any atom is -0.508 e. The lowest BCUT2D eigenvalue weighted by molar-refractivity contribution is 0.474. The van der Waals surface area contributed by atoms with Gasteiger partial charge in [-0.3, -0.25) is 0 Å². The smallest absolute Gasteiger partial charge is 0.123 e. The van der Waals surface area contributed by atoms with E-state index < -0.39 is 0 Å². The first-order chi connectivity index (χ1) is 10.7. The monoisotopic (exact) mass is 293 g/mol. The van der Waals surface area contributed by atoms with Crippen molar-refractivity contribution in [2.24, 2.45) is 5.18 Å². The molecule has 1 unspecified atom stereocenters. The highest BCUT2D eigenvalue weighted by Gasteiger charge is 2.12. The van der Waals surface area contributed by atoms with E-state index in [1.807, 2.05) is 24.3 Å². The Kier molecular flexibility index (Phi) is 3.74. The summed E-state index contributed by atoms with van der Waals surface area (Å²) in [7, 11) is 0. The number of hydrogen-bond acceptors (Lipinski definition) is 4. The van der Waals surface area contributed by atoms with Gasteiger partial charge in [0, 0.05) is 5.56 Å². The Labute approximate surface area is 128 Å². The van der Waals surface area contributed by atoms with Crippen LogP contribution in [0.15, 0.2) is 65.9 Å². The zero-order chi connectivity index (χ0) is 15.5. The van der Waals surface area contributed by atoms with Crippen molar-refractivity contribution in [3.8, 4) is 22.6 Å². The van der Waals surface area contributed by atoms with Crippen molar-refractivity contribution in [3.63, 3.8) is 0 Å². The molecule has 3 rings (SSSR count). The number of allylic oxidation sites excluding steroid dienone is 2. The summed E-state index contributed by atoms with van der Waals surface area (Å²) in [4.78, 5) is 10.5. The van der Waals surface area contributed by atoms with Crippen LogP contribution in [-0.4, -0.2) is 16.3 Å². The zero-order valence-electron chi connectivity index (χ0n) is 11.8. The van der Waals surface area contributed by atoms with Crippen LogP contribution < -0.4 is 0 Å². The summed E-state index contributed by atoms with van der Waals surface area (Å²) in [6.07, 6.45) is 6.22. The lowest BCUT2D eigenvalue weighted by Gasteiger charge is -2.13. The van der Waals surface area contributed by atoms with Crippen LogP contribution in [0, 0.1) is 4.91 Å². The van der Waals surface area contributed by atoms with Gasteiger partial charge in [-0.25, -0.2) is 0 Å². The van der Waals surface area contributed by atoms with E-state index in [0.717, 1.165) is 16.7 Å². The molecule has 0 bridgehead atoms. The Balaban J connectivity index is 1.97. The minimum absolute atomic E-state index is 0.183. The number of aromatic hydroxyl groups is 2. The molecule has 22 heavy (non-hydrogen) atoms. The Morgan fingerprint density at radius 1 is 1.00 bits per heavy atom. The molecule has 2 N–H and O–H groups in total. The van der Waals surface area contributed by atoms with E-state index in [1.165, 1.54) is 0 Å².